The maximum Gasteiger partial charge on any atom is 0.416 e. The van der Waals surface area contributed by atoms with Crippen LogP contribution in [0.15, 0.2) is 53.4 Å². The van der Waals surface area contributed by atoms with Gasteiger partial charge in [-0.2, -0.15) is 13.2 Å². The second kappa shape index (κ2) is 8.95. The molecule has 0 aliphatic heterocycles. The third-order valence-corrected chi connectivity index (χ3v) is 7.68. The van der Waals surface area contributed by atoms with E-state index in [-0.39, 0.29) is 16.0 Å². The molecule has 10 heteroatoms. The van der Waals surface area contributed by atoms with Crippen LogP contribution < -0.4 is 4.74 Å². The Balaban J connectivity index is 2.16. The molecule has 170 valence electrons. The lowest BCUT2D eigenvalue weighted by Gasteiger charge is -2.15. The smallest absolute Gasteiger partial charge is 0.416 e. The first-order valence-corrected chi connectivity index (χ1v) is 11.9. The molecule has 1 N–H and O–H groups in total. The number of sulfone groups is 1. The molecule has 3 aromatic rings. The highest BCUT2D eigenvalue weighted by atomic mass is 32.2. The quantitative estimate of drug-likeness (QED) is 0.467. The maximum atomic E-state index is 13.3. The SMILES string of the molecule is CCc1ccc(C(=O)O)cc1S(=O)(=O)Cc1cc(C(F)(F)F)ccc1-c1ccc(OC)s1. The Bertz CT molecular complexity index is 1260. The number of carbonyl (C=O) groups is 1. The number of thiophene rings is 1. The van der Waals surface area contributed by atoms with Crippen molar-refractivity contribution >= 4 is 27.1 Å². The number of rotatable bonds is 7. The summed E-state index contributed by atoms with van der Waals surface area (Å²) in [7, 11) is -2.71. The van der Waals surface area contributed by atoms with E-state index in [9.17, 15) is 31.5 Å². The van der Waals surface area contributed by atoms with Crippen molar-refractivity contribution < 1.29 is 36.2 Å². The number of hydrogen-bond donors (Lipinski definition) is 1. The van der Waals surface area contributed by atoms with Crippen LogP contribution in [0.4, 0.5) is 13.2 Å². The van der Waals surface area contributed by atoms with E-state index in [1.54, 1.807) is 19.1 Å². The normalized spacial score (nSPS) is 12.0. The number of hydrogen-bond acceptors (Lipinski definition) is 5. The standard InChI is InChI=1S/C22H19F3O5S2/c1-3-13-4-5-14(21(26)27)11-19(13)32(28,29)12-15-10-16(22(23,24)25)6-7-17(15)18-8-9-20(30-2)31-18/h4-11H,3,12H2,1-2H3,(H,26,27). The van der Waals surface area contributed by atoms with Crippen LogP contribution >= 0.6 is 11.3 Å². The highest BCUT2D eigenvalue weighted by Crippen LogP contribution is 2.39. The van der Waals surface area contributed by atoms with Gasteiger partial charge in [0.2, 0.25) is 0 Å². The summed E-state index contributed by atoms with van der Waals surface area (Å²) in [6.45, 7) is 1.71. The summed E-state index contributed by atoms with van der Waals surface area (Å²) in [4.78, 5) is 11.7. The molecule has 0 aliphatic rings. The molecule has 1 heterocycles. The molecule has 0 fully saturated rings. The molecule has 0 amide bonds. The number of aryl methyl sites for hydroxylation is 1. The van der Waals surface area contributed by atoms with E-state index in [0.717, 1.165) is 18.2 Å². The molecule has 0 unspecified atom stereocenters. The van der Waals surface area contributed by atoms with Crippen LogP contribution in [0.1, 0.15) is 34.0 Å². The molecule has 0 spiro atoms. The van der Waals surface area contributed by atoms with E-state index in [4.69, 9.17) is 4.74 Å². The van der Waals surface area contributed by atoms with E-state index in [2.05, 4.69) is 0 Å². The minimum atomic E-state index is -4.65. The zero-order chi connectivity index (χ0) is 23.7. The summed E-state index contributed by atoms with van der Waals surface area (Å²) < 4.78 is 71.7. The number of halogens is 3. The van der Waals surface area contributed by atoms with Crippen LogP contribution in [0.2, 0.25) is 0 Å². The summed E-state index contributed by atoms with van der Waals surface area (Å²) in [6.07, 6.45) is -4.34. The number of benzene rings is 2. The number of ether oxygens (including phenoxy) is 1. The van der Waals surface area contributed by atoms with Gasteiger partial charge in [-0.05, 0) is 59.5 Å². The first kappa shape index (κ1) is 23.8. The number of carboxylic acid groups (broad SMARTS) is 1. The van der Waals surface area contributed by atoms with Crippen molar-refractivity contribution in [2.24, 2.45) is 0 Å². The van der Waals surface area contributed by atoms with Crippen molar-refractivity contribution in [3.05, 3.63) is 70.8 Å². The molecule has 0 saturated carbocycles. The van der Waals surface area contributed by atoms with Gasteiger partial charge in [0.1, 0.15) is 0 Å². The number of alkyl halides is 3. The molecule has 32 heavy (non-hydrogen) atoms. The van der Waals surface area contributed by atoms with Gasteiger partial charge in [0.15, 0.2) is 14.9 Å². The Morgan fingerprint density at radius 1 is 1.06 bits per heavy atom. The van der Waals surface area contributed by atoms with Gasteiger partial charge in [-0.1, -0.05) is 30.4 Å². The summed E-state index contributed by atoms with van der Waals surface area (Å²) in [6, 6.07) is 10.0. The van der Waals surface area contributed by atoms with Crippen molar-refractivity contribution in [2.45, 2.75) is 30.2 Å². The zero-order valence-electron chi connectivity index (χ0n) is 17.1. The van der Waals surface area contributed by atoms with Crippen molar-refractivity contribution in [1.29, 1.82) is 0 Å². The predicted molar refractivity (Wildman–Crippen MR) is 115 cm³/mol. The van der Waals surface area contributed by atoms with Gasteiger partial charge in [-0.25, -0.2) is 13.2 Å². The third kappa shape index (κ3) is 4.97. The summed E-state index contributed by atoms with van der Waals surface area (Å²) in [5.74, 6) is -2.02. The van der Waals surface area contributed by atoms with Gasteiger partial charge in [0, 0.05) is 4.88 Å². The Morgan fingerprint density at radius 3 is 2.34 bits per heavy atom. The fraction of sp³-hybridized carbons (Fsp3) is 0.227. The van der Waals surface area contributed by atoms with Crippen LogP contribution in [0.5, 0.6) is 5.06 Å². The second-order valence-corrected chi connectivity index (χ2v) is 9.94. The zero-order valence-corrected chi connectivity index (χ0v) is 18.7. The maximum absolute atomic E-state index is 13.3. The predicted octanol–water partition coefficient (Wildman–Crippen LogP) is 5.68. The molecular weight excluding hydrogens is 465 g/mol. The summed E-state index contributed by atoms with van der Waals surface area (Å²) >= 11 is 1.17. The second-order valence-electron chi connectivity index (χ2n) is 6.93. The molecule has 0 saturated heterocycles. The average molecular weight is 485 g/mol. The Labute approximate surface area is 187 Å². The van der Waals surface area contributed by atoms with Crippen LogP contribution in [0.3, 0.4) is 0 Å². The van der Waals surface area contributed by atoms with Gasteiger partial charge in [0.05, 0.1) is 28.9 Å². The van der Waals surface area contributed by atoms with Gasteiger partial charge in [0.25, 0.3) is 0 Å². The molecule has 0 atom stereocenters. The fourth-order valence-corrected chi connectivity index (χ4v) is 5.86. The monoisotopic (exact) mass is 484 g/mol. The van der Waals surface area contributed by atoms with E-state index < -0.39 is 33.3 Å². The largest absolute Gasteiger partial charge is 0.487 e. The van der Waals surface area contributed by atoms with Gasteiger partial charge < -0.3 is 9.84 Å². The first-order chi connectivity index (χ1) is 15.0. The first-order valence-electron chi connectivity index (χ1n) is 9.39. The average Bonchev–Trinajstić information content (AvgIpc) is 3.21. The third-order valence-electron chi connectivity index (χ3n) is 4.86. The molecule has 0 bridgehead atoms. The molecule has 3 rings (SSSR count). The summed E-state index contributed by atoms with van der Waals surface area (Å²) in [5.41, 5.74) is -0.492. The van der Waals surface area contributed by atoms with Crippen LogP contribution in [0.25, 0.3) is 10.4 Å². The van der Waals surface area contributed by atoms with Crippen LogP contribution in [0, 0.1) is 0 Å². The van der Waals surface area contributed by atoms with Gasteiger partial charge in [-0.15, -0.1) is 0 Å². The molecular formula is C22H19F3O5S2. The Morgan fingerprint density at radius 2 is 1.78 bits per heavy atom. The van der Waals surface area contributed by atoms with Gasteiger partial charge in [-0.3, -0.25) is 0 Å². The lowest BCUT2D eigenvalue weighted by Crippen LogP contribution is -2.12. The van der Waals surface area contributed by atoms with E-state index in [0.29, 0.717) is 27.5 Å². The lowest BCUT2D eigenvalue weighted by molar-refractivity contribution is -0.137. The summed E-state index contributed by atoms with van der Waals surface area (Å²) in [5, 5.41) is 9.77. The molecule has 1 aromatic heterocycles. The van der Waals surface area contributed by atoms with Gasteiger partial charge >= 0.3 is 12.1 Å². The molecule has 0 radical (unpaired) electrons. The number of carboxylic acids is 1. The topological polar surface area (TPSA) is 80.7 Å². The highest BCUT2D eigenvalue weighted by Gasteiger charge is 2.32. The minimum Gasteiger partial charge on any atom is -0.487 e. The van der Waals surface area contributed by atoms with Crippen LogP contribution in [-0.4, -0.2) is 26.6 Å². The highest BCUT2D eigenvalue weighted by molar-refractivity contribution is 7.90. The lowest BCUT2D eigenvalue weighted by atomic mass is 10.0. The Kier molecular flexibility index (Phi) is 6.66. The number of methoxy groups -OCH3 is 1. The van der Waals surface area contributed by atoms with Crippen molar-refractivity contribution in [1.82, 2.24) is 0 Å². The minimum absolute atomic E-state index is 0.0351. The molecule has 5 nitrogen and oxygen atoms in total. The fourth-order valence-electron chi connectivity index (χ4n) is 3.26. The van der Waals surface area contributed by atoms with Crippen molar-refractivity contribution in [3.8, 4) is 15.5 Å². The van der Waals surface area contributed by atoms with E-state index in [1.165, 1.54) is 36.6 Å². The van der Waals surface area contributed by atoms with Crippen molar-refractivity contribution in [3.63, 3.8) is 0 Å². The molecule has 0 aliphatic carbocycles. The Hall–Kier alpha value is -2.85. The van der Waals surface area contributed by atoms with Crippen LogP contribution in [-0.2, 0) is 28.2 Å². The van der Waals surface area contributed by atoms with E-state index in [1.807, 2.05) is 0 Å². The van der Waals surface area contributed by atoms with E-state index >= 15 is 0 Å². The number of aromatic carboxylic acids is 1. The van der Waals surface area contributed by atoms with Crippen molar-refractivity contribution in [2.75, 3.05) is 7.11 Å². The molecule has 2 aromatic carbocycles.